The van der Waals surface area contributed by atoms with Crippen molar-refractivity contribution in [1.82, 2.24) is 4.31 Å². The van der Waals surface area contributed by atoms with Gasteiger partial charge in [-0.05, 0) is 37.0 Å². The van der Waals surface area contributed by atoms with Crippen LogP contribution in [0, 0.1) is 5.92 Å². The molecule has 0 saturated heterocycles. The Morgan fingerprint density at radius 3 is 2.67 bits per heavy atom. The van der Waals surface area contributed by atoms with Crippen LogP contribution < -0.4 is 5.73 Å². The van der Waals surface area contributed by atoms with E-state index < -0.39 is 10.0 Å². The largest absolute Gasteiger partial charge is 0.399 e. The van der Waals surface area contributed by atoms with Crippen molar-refractivity contribution >= 4 is 15.7 Å². The number of rotatable bonds is 4. The molecule has 0 aromatic heterocycles. The summed E-state index contributed by atoms with van der Waals surface area (Å²) >= 11 is 0. The van der Waals surface area contributed by atoms with E-state index in [1.54, 1.807) is 19.2 Å². The molecule has 100 valence electrons. The fourth-order valence-corrected chi connectivity index (χ4v) is 3.47. The molecule has 0 spiro atoms. The molecule has 0 atom stereocenters. The molecule has 1 aromatic carbocycles. The molecule has 18 heavy (non-hydrogen) atoms. The normalized spacial score (nSPS) is 23.9. The Balaban J connectivity index is 2.10. The van der Waals surface area contributed by atoms with Gasteiger partial charge in [-0.25, -0.2) is 12.7 Å². The first-order valence-electron chi connectivity index (χ1n) is 5.89. The number of aliphatic hydroxyl groups excluding tert-OH is 1. The highest BCUT2D eigenvalue weighted by Crippen LogP contribution is 2.29. The van der Waals surface area contributed by atoms with Crippen LogP contribution in [0.4, 0.5) is 5.69 Å². The van der Waals surface area contributed by atoms with Gasteiger partial charge in [0.2, 0.25) is 10.0 Å². The molecular weight excluding hydrogens is 252 g/mol. The maximum absolute atomic E-state index is 12.2. The number of sulfonamides is 1. The third-order valence-corrected chi connectivity index (χ3v) is 5.11. The number of hydrogen-bond donors (Lipinski definition) is 2. The minimum atomic E-state index is -3.48. The van der Waals surface area contributed by atoms with Crippen molar-refractivity contribution in [2.24, 2.45) is 5.92 Å². The predicted octanol–water partition coefficient (Wildman–Crippen LogP) is 0.660. The quantitative estimate of drug-likeness (QED) is 0.787. The molecule has 1 aliphatic rings. The standard InChI is InChI=1S/C12H18N2O3S/c1-14(8-9-5-11(15)6-9)18(16,17)12-4-2-3-10(13)7-12/h2-4,7,9,11,15H,5-6,8,13H2,1H3. The van der Waals surface area contributed by atoms with E-state index in [4.69, 9.17) is 5.73 Å². The summed E-state index contributed by atoms with van der Waals surface area (Å²) in [6.07, 6.45) is 1.09. The number of aliphatic hydroxyl groups is 1. The summed E-state index contributed by atoms with van der Waals surface area (Å²) in [5, 5.41) is 9.20. The van der Waals surface area contributed by atoms with Crippen LogP contribution in [0.2, 0.25) is 0 Å². The van der Waals surface area contributed by atoms with Crippen molar-refractivity contribution in [1.29, 1.82) is 0 Å². The number of nitrogens with two attached hydrogens (primary N) is 1. The van der Waals surface area contributed by atoms with Gasteiger partial charge in [-0.1, -0.05) is 6.07 Å². The average Bonchev–Trinajstić information content (AvgIpc) is 2.26. The third kappa shape index (κ3) is 2.66. The molecule has 0 unspecified atom stereocenters. The van der Waals surface area contributed by atoms with Crippen molar-refractivity contribution in [3.63, 3.8) is 0 Å². The van der Waals surface area contributed by atoms with E-state index >= 15 is 0 Å². The molecular formula is C12H18N2O3S. The summed E-state index contributed by atoms with van der Waals surface area (Å²) in [7, 11) is -1.92. The lowest BCUT2D eigenvalue weighted by Gasteiger charge is -2.34. The third-order valence-electron chi connectivity index (χ3n) is 3.29. The van der Waals surface area contributed by atoms with Gasteiger partial charge in [-0.15, -0.1) is 0 Å². The van der Waals surface area contributed by atoms with Crippen LogP contribution in [-0.2, 0) is 10.0 Å². The molecule has 5 nitrogen and oxygen atoms in total. The van der Waals surface area contributed by atoms with E-state index in [9.17, 15) is 13.5 Å². The van der Waals surface area contributed by atoms with Gasteiger partial charge in [0.25, 0.3) is 0 Å². The zero-order chi connectivity index (χ0) is 13.3. The molecule has 0 bridgehead atoms. The molecule has 0 radical (unpaired) electrons. The second-order valence-corrected chi connectivity index (χ2v) is 6.89. The van der Waals surface area contributed by atoms with Gasteiger partial charge in [-0.3, -0.25) is 0 Å². The van der Waals surface area contributed by atoms with Crippen LogP contribution in [-0.4, -0.2) is 37.5 Å². The van der Waals surface area contributed by atoms with Crippen LogP contribution >= 0.6 is 0 Å². The maximum Gasteiger partial charge on any atom is 0.242 e. The lowest BCUT2D eigenvalue weighted by Crippen LogP contribution is -2.39. The average molecular weight is 270 g/mol. The molecule has 0 aliphatic heterocycles. The van der Waals surface area contributed by atoms with Crippen molar-refractivity contribution in [2.45, 2.75) is 23.8 Å². The Labute approximate surface area is 107 Å². The molecule has 0 heterocycles. The summed E-state index contributed by atoms with van der Waals surface area (Å²) in [5.41, 5.74) is 6.03. The van der Waals surface area contributed by atoms with E-state index in [0.29, 0.717) is 25.1 Å². The van der Waals surface area contributed by atoms with Crippen molar-refractivity contribution in [2.75, 3.05) is 19.3 Å². The number of nitrogen functional groups attached to an aromatic ring is 1. The zero-order valence-corrected chi connectivity index (χ0v) is 11.1. The van der Waals surface area contributed by atoms with E-state index in [-0.39, 0.29) is 16.9 Å². The minimum absolute atomic E-state index is 0.213. The Bertz CT molecular complexity index is 524. The Morgan fingerprint density at radius 2 is 2.11 bits per heavy atom. The second kappa shape index (κ2) is 4.87. The van der Waals surface area contributed by atoms with Crippen LogP contribution in [0.3, 0.4) is 0 Å². The fourth-order valence-electron chi connectivity index (χ4n) is 2.17. The highest BCUT2D eigenvalue weighted by Gasteiger charge is 2.31. The fraction of sp³-hybridized carbons (Fsp3) is 0.500. The first-order chi connectivity index (χ1) is 8.39. The Kier molecular flexibility index (Phi) is 3.61. The van der Waals surface area contributed by atoms with Crippen molar-refractivity contribution < 1.29 is 13.5 Å². The Hall–Kier alpha value is -1.11. The van der Waals surface area contributed by atoms with Gasteiger partial charge in [0.05, 0.1) is 11.0 Å². The number of hydrogen-bond acceptors (Lipinski definition) is 4. The van der Waals surface area contributed by atoms with Crippen LogP contribution in [0.25, 0.3) is 0 Å². The van der Waals surface area contributed by atoms with Gasteiger partial charge >= 0.3 is 0 Å². The lowest BCUT2D eigenvalue weighted by atomic mass is 9.82. The highest BCUT2D eigenvalue weighted by molar-refractivity contribution is 7.89. The summed E-state index contributed by atoms with van der Waals surface area (Å²) in [4.78, 5) is 0.213. The molecule has 3 N–H and O–H groups in total. The molecule has 6 heteroatoms. The molecule has 2 rings (SSSR count). The van der Waals surface area contributed by atoms with Crippen LogP contribution in [0.5, 0.6) is 0 Å². The zero-order valence-electron chi connectivity index (χ0n) is 10.3. The van der Waals surface area contributed by atoms with Gasteiger partial charge in [0.15, 0.2) is 0 Å². The monoisotopic (exact) mass is 270 g/mol. The molecule has 0 amide bonds. The Morgan fingerprint density at radius 1 is 1.44 bits per heavy atom. The lowest BCUT2D eigenvalue weighted by molar-refractivity contribution is 0.0367. The SMILES string of the molecule is CN(CC1CC(O)C1)S(=O)(=O)c1cccc(N)c1. The molecule has 1 aliphatic carbocycles. The topological polar surface area (TPSA) is 83.6 Å². The predicted molar refractivity (Wildman–Crippen MR) is 69.4 cm³/mol. The van der Waals surface area contributed by atoms with Crippen molar-refractivity contribution in [3.05, 3.63) is 24.3 Å². The van der Waals surface area contributed by atoms with Crippen molar-refractivity contribution in [3.8, 4) is 0 Å². The number of benzene rings is 1. The van der Waals surface area contributed by atoms with E-state index in [1.807, 2.05) is 0 Å². The second-order valence-electron chi connectivity index (χ2n) is 4.85. The van der Waals surface area contributed by atoms with Gasteiger partial charge in [0, 0.05) is 19.3 Å². The van der Waals surface area contributed by atoms with E-state index in [0.717, 1.165) is 0 Å². The van der Waals surface area contributed by atoms with Gasteiger partial charge < -0.3 is 10.8 Å². The van der Waals surface area contributed by atoms with Crippen LogP contribution in [0.15, 0.2) is 29.2 Å². The first-order valence-corrected chi connectivity index (χ1v) is 7.33. The van der Waals surface area contributed by atoms with E-state index in [2.05, 4.69) is 0 Å². The van der Waals surface area contributed by atoms with Gasteiger partial charge in [-0.2, -0.15) is 0 Å². The van der Waals surface area contributed by atoms with Gasteiger partial charge in [0.1, 0.15) is 0 Å². The molecule has 1 saturated carbocycles. The summed E-state index contributed by atoms with van der Waals surface area (Å²) in [6.45, 7) is 0.439. The first kappa shape index (κ1) is 13.3. The maximum atomic E-state index is 12.2. The van der Waals surface area contributed by atoms with E-state index in [1.165, 1.54) is 16.4 Å². The summed E-state index contributed by atoms with van der Waals surface area (Å²) in [6, 6.07) is 6.28. The highest BCUT2D eigenvalue weighted by atomic mass is 32.2. The summed E-state index contributed by atoms with van der Waals surface area (Å²) < 4.78 is 25.8. The number of anilines is 1. The molecule has 1 aromatic rings. The summed E-state index contributed by atoms with van der Waals surface area (Å²) in [5.74, 6) is 0.251. The smallest absolute Gasteiger partial charge is 0.242 e. The molecule has 1 fully saturated rings. The van der Waals surface area contributed by atoms with Crippen LogP contribution in [0.1, 0.15) is 12.8 Å². The number of nitrogens with zero attached hydrogens (tertiary/aromatic N) is 1. The minimum Gasteiger partial charge on any atom is -0.399 e.